The van der Waals surface area contributed by atoms with Crippen molar-refractivity contribution in [2.45, 2.75) is 58.4 Å². The van der Waals surface area contributed by atoms with Crippen LogP contribution in [0.1, 0.15) is 51.4 Å². The monoisotopic (exact) mass is 283 g/mol. The summed E-state index contributed by atoms with van der Waals surface area (Å²) in [5, 5.41) is 5.31. The minimum atomic E-state index is -0.130. The second kappa shape index (κ2) is 5.45. The van der Waals surface area contributed by atoms with Crippen LogP contribution in [0.5, 0.6) is 0 Å². The minimum absolute atomic E-state index is 0.130. The van der Waals surface area contributed by atoms with E-state index in [1.807, 2.05) is 11.7 Å². The van der Waals surface area contributed by atoms with Gasteiger partial charge in [-0.05, 0) is 37.5 Å². The van der Waals surface area contributed by atoms with E-state index in [0.717, 1.165) is 41.6 Å². The van der Waals surface area contributed by atoms with Crippen molar-refractivity contribution < 1.29 is 0 Å². The van der Waals surface area contributed by atoms with E-state index in [0.29, 0.717) is 5.92 Å². The Hall–Kier alpha value is -0.540. The lowest BCUT2D eigenvalue weighted by atomic mass is 9.68. The van der Waals surface area contributed by atoms with Crippen LogP contribution in [0.2, 0.25) is 5.02 Å². The Kier molecular flexibility index (Phi) is 4.26. The highest BCUT2D eigenvalue weighted by molar-refractivity contribution is 6.31. The predicted molar refractivity (Wildman–Crippen MR) is 80.4 cm³/mol. The van der Waals surface area contributed by atoms with Gasteiger partial charge in [-0.1, -0.05) is 32.4 Å². The zero-order valence-corrected chi connectivity index (χ0v) is 13.3. The summed E-state index contributed by atoms with van der Waals surface area (Å²) < 4.78 is 1.92. The fourth-order valence-electron chi connectivity index (χ4n) is 3.30. The summed E-state index contributed by atoms with van der Waals surface area (Å²) in [6, 6.07) is 0. The summed E-state index contributed by atoms with van der Waals surface area (Å²) in [4.78, 5) is 0. The summed E-state index contributed by atoms with van der Waals surface area (Å²) in [5.74, 6) is 1.33. The molecule has 0 radical (unpaired) electrons. The summed E-state index contributed by atoms with van der Waals surface area (Å²) in [6.45, 7) is 6.68. The van der Waals surface area contributed by atoms with E-state index in [2.05, 4.69) is 25.9 Å². The number of aryl methyl sites for hydroxylation is 2. The van der Waals surface area contributed by atoms with Gasteiger partial charge in [-0.3, -0.25) is 4.68 Å². The molecular formula is C15H26ClN3. The predicted octanol–water partition coefficient (Wildman–Crippen LogP) is 3.33. The Morgan fingerprint density at radius 2 is 2.16 bits per heavy atom. The molecule has 3 nitrogen and oxygen atoms in total. The molecular weight excluding hydrogens is 258 g/mol. The molecule has 1 saturated carbocycles. The van der Waals surface area contributed by atoms with Crippen LogP contribution in [0.3, 0.4) is 0 Å². The second-order valence-electron chi connectivity index (χ2n) is 6.38. The van der Waals surface area contributed by atoms with E-state index in [9.17, 15) is 0 Å². The van der Waals surface area contributed by atoms with E-state index in [4.69, 9.17) is 17.3 Å². The fraction of sp³-hybridized carbons (Fsp3) is 0.800. The number of rotatable bonds is 3. The van der Waals surface area contributed by atoms with Gasteiger partial charge in [0.2, 0.25) is 0 Å². The lowest BCUT2D eigenvalue weighted by Gasteiger charge is -2.42. The van der Waals surface area contributed by atoms with Gasteiger partial charge < -0.3 is 5.73 Å². The molecule has 0 aromatic carbocycles. The lowest BCUT2D eigenvalue weighted by molar-refractivity contribution is 0.161. The Morgan fingerprint density at radius 1 is 1.47 bits per heavy atom. The van der Waals surface area contributed by atoms with Crippen LogP contribution >= 0.6 is 11.6 Å². The van der Waals surface area contributed by atoms with Crippen LogP contribution in [0.25, 0.3) is 0 Å². The molecule has 1 aliphatic rings. The zero-order valence-electron chi connectivity index (χ0n) is 12.5. The van der Waals surface area contributed by atoms with Crippen LogP contribution < -0.4 is 5.73 Å². The van der Waals surface area contributed by atoms with Crippen molar-refractivity contribution in [3.8, 4) is 0 Å². The topological polar surface area (TPSA) is 43.8 Å². The summed E-state index contributed by atoms with van der Waals surface area (Å²) in [7, 11) is 1.97. The maximum Gasteiger partial charge on any atom is 0.0850 e. The van der Waals surface area contributed by atoms with Crippen LogP contribution in [0.4, 0.5) is 0 Å². The van der Waals surface area contributed by atoms with E-state index in [1.54, 1.807) is 0 Å². The summed E-state index contributed by atoms with van der Waals surface area (Å²) >= 11 is 6.45. The van der Waals surface area contributed by atoms with Gasteiger partial charge in [0.05, 0.1) is 16.4 Å². The number of hydrogen-bond acceptors (Lipinski definition) is 2. The fourth-order valence-corrected chi connectivity index (χ4v) is 3.66. The number of nitrogens with two attached hydrogens (primary N) is 1. The molecule has 0 saturated heterocycles. The normalized spacial score (nSPS) is 31.7. The number of nitrogens with zero attached hydrogens (tertiary/aromatic N) is 2. The third-order valence-corrected chi connectivity index (χ3v) is 5.28. The highest BCUT2D eigenvalue weighted by Gasteiger charge is 2.38. The van der Waals surface area contributed by atoms with Gasteiger partial charge in [0, 0.05) is 19.0 Å². The molecule has 1 heterocycles. The van der Waals surface area contributed by atoms with Gasteiger partial charge >= 0.3 is 0 Å². The van der Waals surface area contributed by atoms with E-state index >= 15 is 0 Å². The Morgan fingerprint density at radius 3 is 2.68 bits per heavy atom. The number of aromatic nitrogens is 2. The standard InChI is InChI=1S/C15H26ClN3/c1-5-12-14(16)13(19(4)18-12)9-15(17)7-6-10(2)8-11(15)3/h10-11H,5-9,17H2,1-4H3. The average molecular weight is 284 g/mol. The van der Waals surface area contributed by atoms with Crippen molar-refractivity contribution >= 4 is 11.6 Å². The first-order valence-corrected chi connectivity index (χ1v) is 7.74. The van der Waals surface area contributed by atoms with E-state index in [-0.39, 0.29) is 5.54 Å². The molecule has 1 aromatic rings. The van der Waals surface area contributed by atoms with Crippen LogP contribution in [-0.2, 0) is 19.9 Å². The lowest BCUT2D eigenvalue weighted by Crippen LogP contribution is -2.51. The van der Waals surface area contributed by atoms with Crippen molar-refractivity contribution in [3.05, 3.63) is 16.4 Å². The van der Waals surface area contributed by atoms with Crippen LogP contribution in [0.15, 0.2) is 0 Å². The molecule has 2 N–H and O–H groups in total. The minimum Gasteiger partial charge on any atom is -0.325 e. The SMILES string of the molecule is CCc1nn(C)c(CC2(N)CCC(C)CC2C)c1Cl. The average Bonchev–Trinajstić information content (AvgIpc) is 2.62. The molecule has 0 amide bonds. The molecule has 19 heavy (non-hydrogen) atoms. The van der Waals surface area contributed by atoms with E-state index in [1.165, 1.54) is 12.8 Å². The molecule has 4 heteroatoms. The molecule has 0 aliphatic heterocycles. The maximum atomic E-state index is 6.69. The van der Waals surface area contributed by atoms with Crippen molar-refractivity contribution in [1.29, 1.82) is 0 Å². The number of halogens is 1. The Balaban J connectivity index is 2.23. The quantitative estimate of drug-likeness (QED) is 0.925. The molecule has 0 bridgehead atoms. The molecule has 0 spiro atoms. The van der Waals surface area contributed by atoms with Gasteiger partial charge in [0.25, 0.3) is 0 Å². The molecule has 1 aliphatic carbocycles. The first-order chi connectivity index (χ1) is 8.87. The molecule has 1 fully saturated rings. The summed E-state index contributed by atoms with van der Waals surface area (Å²) in [6.07, 6.45) is 5.22. The Labute approximate surface area is 121 Å². The molecule has 3 atom stereocenters. The third kappa shape index (κ3) is 2.82. The summed E-state index contributed by atoms with van der Waals surface area (Å²) in [5.41, 5.74) is 8.64. The molecule has 1 aromatic heterocycles. The smallest absolute Gasteiger partial charge is 0.0850 e. The van der Waals surface area contributed by atoms with Crippen molar-refractivity contribution in [3.63, 3.8) is 0 Å². The maximum absolute atomic E-state index is 6.69. The second-order valence-corrected chi connectivity index (χ2v) is 6.75. The third-order valence-electron chi connectivity index (χ3n) is 4.84. The first-order valence-electron chi connectivity index (χ1n) is 7.36. The molecule has 3 unspecified atom stereocenters. The van der Waals surface area contributed by atoms with Crippen molar-refractivity contribution in [2.75, 3.05) is 0 Å². The highest BCUT2D eigenvalue weighted by atomic mass is 35.5. The molecule has 108 valence electrons. The van der Waals surface area contributed by atoms with Gasteiger partial charge in [-0.15, -0.1) is 0 Å². The Bertz CT molecular complexity index is 454. The van der Waals surface area contributed by atoms with E-state index < -0.39 is 0 Å². The van der Waals surface area contributed by atoms with Crippen molar-refractivity contribution in [2.24, 2.45) is 24.6 Å². The van der Waals surface area contributed by atoms with Crippen LogP contribution in [0, 0.1) is 11.8 Å². The van der Waals surface area contributed by atoms with Gasteiger partial charge in [0.15, 0.2) is 0 Å². The van der Waals surface area contributed by atoms with Gasteiger partial charge in [-0.2, -0.15) is 5.10 Å². The van der Waals surface area contributed by atoms with Crippen molar-refractivity contribution in [1.82, 2.24) is 9.78 Å². The number of hydrogen-bond donors (Lipinski definition) is 1. The largest absolute Gasteiger partial charge is 0.325 e. The highest BCUT2D eigenvalue weighted by Crippen LogP contribution is 2.38. The van der Waals surface area contributed by atoms with Crippen LogP contribution in [-0.4, -0.2) is 15.3 Å². The zero-order chi connectivity index (χ0) is 14.2. The first kappa shape index (κ1) is 14.9. The van der Waals surface area contributed by atoms with Gasteiger partial charge in [-0.25, -0.2) is 0 Å². The molecule has 2 rings (SSSR count). The van der Waals surface area contributed by atoms with Gasteiger partial charge in [0.1, 0.15) is 0 Å².